The van der Waals surface area contributed by atoms with E-state index in [4.69, 9.17) is 22.1 Å². The lowest BCUT2D eigenvalue weighted by Crippen LogP contribution is -2.34. The third-order valence-corrected chi connectivity index (χ3v) is 3.03. The summed E-state index contributed by atoms with van der Waals surface area (Å²) < 4.78 is 5.62. The first-order chi connectivity index (χ1) is 10.0. The summed E-state index contributed by atoms with van der Waals surface area (Å²) >= 11 is 10.4. The van der Waals surface area contributed by atoms with Crippen molar-refractivity contribution in [3.8, 4) is 5.75 Å². The first-order valence-electron chi connectivity index (χ1n) is 6.12. The molecule has 4 nitrogen and oxygen atoms in total. The van der Waals surface area contributed by atoms with Gasteiger partial charge in [0.2, 0.25) is 0 Å². The Balaban J connectivity index is 1.94. The number of thiocarbonyl (C=S) groups is 1. The second kappa shape index (κ2) is 7.06. The zero-order chi connectivity index (χ0) is 15.2. The first kappa shape index (κ1) is 15.3. The second-order valence-corrected chi connectivity index (χ2v) is 5.13. The fraction of sp³-hybridized carbons (Fsp3) is 0.0667. The van der Waals surface area contributed by atoms with E-state index in [1.54, 1.807) is 24.3 Å². The molecule has 1 amide bonds. The Bertz CT molecular complexity index is 642. The van der Waals surface area contributed by atoms with Gasteiger partial charge in [0.1, 0.15) is 12.4 Å². The van der Waals surface area contributed by atoms with Crippen molar-refractivity contribution in [3.63, 3.8) is 0 Å². The maximum absolute atomic E-state index is 11.6. The van der Waals surface area contributed by atoms with Crippen molar-refractivity contribution in [3.05, 3.63) is 64.7 Å². The van der Waals surface area contributed by atoms with Gasteiger partial charge in [-0.2, -0.15) is 0 Å². The van der Waals surface area contributed by atoms with Gasteiger partial charge < -0.3 is 10.5 Å². The molecule has 2 rings (SSSR count). The molecule has 0 aromatic heterocycles. The van der Waals surface area contributed by atoms with E-state index in [-0.39, 0.29) is 11.0 Å². The van der Waals surface area contributed by atoms with Crippen molar-refractivity contribution < 1.29 is 9.53 Å². The van der Waals surface area contributed by atoms with Gasteiger partial charge in [-0.05, 0) is 54.2 Å². The van der Waals surface area contributed by atoms with Crippen molar-refractivity contribution in [2.45, 2.75) is 6.61 Å². The molecule has 2 aromatic carbocycles. The van der Waals surface area contributed by atoms with Crippen LogP contribution >= 0.6 is 23.8 Å². The van der Waals surface area contributed by atoms with Gasteiger partial charge in [0.05, 0.1) is 0 Å². The molecule has 0 saturated heterocycles. The lowest BCUT2D eigenvalue weighted by Gasteiger charge is -2.07. The van der Waals surface area contributed by atoms with Crippen LogP contribution in [0.3, 0.4) is 0 Å². The summed E-state index contributed by atoms with van der Waals surface area (Å²) in [6.45, 7) is 0.426. The van der Waals surface area contributed by atoms with E-state index < -0.39 is 0 Å². The molecule has 0 unspecified atom stereocenters. The summed E-state index contributed by atoms with van der Waals surface area (Å²) in [6, 6.07) is 14.1. The van der Waals surface area contributed by atoms with Crippen LogP contribution in [-0.2, 0) is 6.61 Å². The molecule has 0 radical (unpaired) electrons. The summed E-state index contributed by atoms with van der Waals surface area (Å²) in [7, 11) is 0. The largest absolute Gasteiger partial charge is 0.489 e. The standard InChI is InChI=1S/C15H13ClN2O2S/c16-12-5-1-10(2-6-12)9-20-13-7-3-11(4-8-13)14(19)18-15(17)21/h1-8H,9H2,(H3,17,18,19,21). The predicted octanol–water partition coefficient (Wildman–Crippen LogP) is 2.89. The number of ether oxygens (including phenoxy) is 1. The molecular formula is C15H13ClN2O2S. The van der Waals surface area contributed by atoms with Crippen LogP contribution in [0.15, 0.2) is 48.5 Å². The summed E-state index contributed by atoms with van der Waals surface area (Å²) in [4.78, 5) is 11.6. The minimum absolute atomic E-state index is 0.0527. The number of hydrogen-bond donors (Lipinski definition) is 2. The van der Waals surface area contributed by atoms with Gasteiger partial charge in [0.25, 0.3) is 5.91 Å². The molecule has 0 aliphatic heterocycles. The highest BCUT2D eigenvalue weighted by atomic mass is 35.5. The Labute approximate surface area is 132 Å². The molecule has 2 aromatic rings. The molecule has 0 saturated carbocycles. The van der Waals surface area contributed by atoms with E-state index >= 15 is 0 Å². The Hall–Kier alpha value is -2.11. The number of carbonyl (C=O) groups excluding carboxylic acids is 1. The minimum Gasteiger partial charge on any atom is -0.489 e. The highest BCUT2D eigenvalue weighted by molar-refractivity contribution is 7.80. The van der Waals surface area contributed by atoms with Crippen LogP contribution in [0.2, 0.25) is 5.02 Å². The molecule has 0 bridgehead atoms. The zero-order valence-corrected chi connectivity index (χ0v) is 12.6. The van der Waals surface area contributed by atoms with Crippen molar-refractivity contribution in [2.75, 3.05) is 0 Å². The number of amides is 1. The maximum Gasteiger partial charge on any atom is 0.257 e. The summed E-state index contributed by atoms with van der Waals surface area (Å²) in [5.41, 5.74) is 6.72. The van der Waals surface area contributed by atoms with E-state index in [0.29, 0.717) is 22.9 Å². The quantitative estimate of drug-likeness (QED) is 0.850. The topological polar surface area (TPSA) is 64.3 Å². The van der Waals surface area contributed by atoms with E-state index in [1.165, 1.54) is 0 Å². The fourth-order valence-corrected chi connectivity index (χ4v) is 1.85. The molecule has 0 heterocycles. The lowest BCUT2D eigenvalue weighted by molar-refractivity contribution is 0.0977. The van der Waals surface area contributed by atoms with Crippen LogP contribution in [0.4, 0.5) is 0 Å². The average Bonchev–Trinajstić information content (AvgIpc) is 2.46. The fourth-order valence-electron chi connectivity index (χ4n) is 1.63. The molecule has 0 aliphatic rings. The molecule has 0 atom stereocenters. The molecule has 108 valence electrons. The van der Waals surface area contributed by atoms with Gasteiger partial charge in [-0.3, -0.25) is 10.1 Å². The maximum atomic E-state index is 11.6. The molecular weight excluding hydrogens is 308 g/mol. The number of hydrogen-bond acceptors (Lipinski definition) is 3. The molecule has 0 fully saturated rings. The SMILES string of the molecule is NC(=S)NC(=O)c1ccc(OCc2ccc(Cl)cc2)cc1. The smallest absolute Gasteiger partial charge is 0.257 e. The molecule has 0 spiro atoms. The van der Waals surface area contributed by atoms with Gasteiger partial charge in [-0.1, -0.05) is 23.7 Å². The van der Waals surface area contributed by atoms with Crippen molar-refractivity contribution in [1.29, 1.82) is 0 Å². The van der Waals surface area contributed by atoms with Crippen LogP contribution in [0, 0.1) is 0 Å². The van der Waals surface area contributed by atoms with E-state index in [2.05, 4.69) is 17.5 Å². The Morgan fingerprint density at radius 2 is 1.76 bits per heavy atom. The molecule has 3 N–H and O–H groups in total. The van der Waals surface area contributed by atoms with Crippen molar-refractivity contribution in [1.82, 2.24) is 5.32 Å². The van der Waals surface area contributed by atoms with Crippen molar-refractivity contribution >= 4 is 34.8 Å². The Morgan fingerprint density at radius 3 is 2.33 bits per heavy atom. The number of halogens is 1. The molecule has 0 aliphatic carbocycles. The van der Waals surface area contributed by atoms with Crippen LogP contribution < -0.4 is 15.8 Å². The van der Waals surface area contributed by atoms with Crippen LogP contribution in [-0.4, -0.2) is 11.0 Å². The van der Waals surface area contributed by atoms with Gasteiger partial charge in [0, 0.05) is 10.6 Å². The van der Waals surface area contributed by atoms with Gasteiger partial charge in [0.15, 0.2) is 5.11 Å². The third kappa shape index (κ3) is 4.73. The van der Waals surface area contributed by atoms with Crippen LogP contribution in [0.25, 0.3) is 0 Å². The highest BCUT2D eigenvalue weighted by Crippen LogP contribution is 2.15. The number of nitrogens with two attached hydrogens (primary N) is 1. The van der Waals surface area contributed by atoms with Gasteiger partial charge in [-0.25, -0.2) is 0 Å². The zero-order valence-electron chi connectivity index (χ0n) is 11.0. The van der Waals surface area contributed by atoms with Gasteiger partial charge in [-0.15, -0.1) is 0 Å². The lowest BCUT2D eigenvalue weighted by atomic mass is 10.2. The van der Waals surface area contributed by atoms with E-state index in [1.807, 2.05) is 24.3 Å². The van der Waals surface area contributed by atoms with Gasteiger partial charge >= 0.3 is 0 Å². The first-order valence-corrected chi connectivity index (χ1v) is 6.91. The summed E-state index contributed by atoms with van der Waals surface area (Å²) in [6.07, 6.45) is 0. The summed E-state index contributed by atoms with van der Waals surface area (Å²) in [5, 5.41) is 2.99. The summed E-state index contributed by atoms with van der Waals surface area (Å²) in [5.74, 6) is 0.323. The Kier molecular flexibility index (Phi) is 5.14. The van der Waals surface area contributed by atoms with E-state index in [9.17, 15) is 4.79 Å². The van der Waals surface area contributed by atoms with Crippen LogP contribution in [0.5, 0.6) is 5.75 Å². The number of rotatable bonds is 4. The number of nitrogens with one attached hydrogen (secondary N) is 1. The predicted molar refractivity (Wildman–Crippen MR) is 86.5 cm³/mol. The average molecular weight is 321 g/mol. The van der Waals surface area contributed by atoms with Crippen LogP contribution in [0.1, 0.15) is 15.9 Å². The normalized spacial score (nSPS) is 9.95. The van der Waals surface area contributed by atoms with Crippen molar-refractivity contribution in [2.24, 2.45) is 5.73 Å². The highest BCUT2D eigenvalue weighted by Gasteiger charge is 2.06. The molecule has 21 heavy (non-hydrogen) atoms. The Morgan fingerprint density at radius 1 is 1.14 bits per heavy atom. The third-order valence-electron chi connectivity index (χ3n) is 2.67. The minimum atomic E-state index is -0.341. The number of benzene rings is 2. The second-order valence-electron chi connectivity index (χ2n) is 4.26. The van der Waals surface area contributed by atoms with E-state index in [0.717, 1.165) is 5.56 Å². The molecule has 6 heteroatoms. The monoisotopic (exact) mass is 320 g/mol. The number of carbonyl (C=O) groups is 1.